The first-order valence-electron chi connectivity index (χ1n) is 6.95. The normalized spacial score (nSPS) is 12.0. The van der Waals surface area contributed by atoms with Crippen LogP contribution in [0.1, 0.15) is 15.9 Å². The zero-order chi connectivity index (χ0) is 17.7. The van der Waals surface area contributed by atoms with Gasteiger partial charge in [0.05, 0.1) is 10.5 Å². The maximum absolute atomic E-state index is 12.2. The second-order valence-electron chi connectivity index (χ2n) is 4.90. The summed E-state index contributed by atoms with van der Waals surface area (Å²) >= 11 is 11.7. The Hall–Kier alpha value is -1.60. The largest absolute Gasteiger partial charge is 0.492 e. The van der Waals surface area contributed by atoms with Gasteiger partial charge in [-0.1, -0.05) is 29.3 Å². The minimum Gasteiger partial charge on any atom is -0.492 e. The van der Waals surface area contributed by atoms with E-state index in [2.05, 4.69) is 4.72 Å². The molecule has 0 heterocycles. The average molecular weight is 388 g/mol. The van der Waals surface area contributed by atoms with Gasteiger partial charge in [0, 0.05) is 16.6 Å². The third kappa shape index (κ3) is 5.21. The molecule has 0 amide bonds. The van der Waals surface area contributed by atoms with Crippen LogP contribution in [0.5, 0.6) is 5.75 Å². The highest BCUT2D eigenvalue weighted by atomic mass is 35.5. The molecule has 0 aliphatic heterocycles. The summed E-state index contributed by atoms with van der Waals surface area (Å²) in [6.07, 6.45) is 0. The summed E-state index contributed by atoms with van der Waals surface area (Å²) in [5.41, 5.74) is 0.747. The van der Waals surface area contributed by atoms with Crippen molar-refractivity contribution in [3.63, 3.8) is 0 Å². The molecule has 1 unspecified atom stereocenters. The molecule has 0 spiro atoms. The van der Waals surface area contributed by atoms with Crippen LogP contribution in [0.15, 0.2) is 41.3 Å². The molecule has 5 nitrogen and oxygen atoms in total. The third-order valence-electron chi connectivity index (χ3n) is 3.09. The van der Waals surface area contributed by atoms with E-state index in [1.165, 1.54) is 6.07 Å². The van der Waals surface area contributed by atoms with Crippen molar-refractivity contribution in [3.05, 3.63) is 57.6 Å². The van der Waals surface area contributed by atoms with Crippen LogP contribution < -0.4 is 9.46 Å². The summed E-state index contributed by atoms with van der Waals surface area (Å²) in [7, 11) is -1.53. The number of carbonyl (C=O) groups is 1. The maximum atomic E-state index is 12.2. The first kappa shape index (κ1) is 18.7. The molecule has 2 aromatic carbocycles. The molecule has 128 valence electrons. The highest BCUT2D eigenvalue weighted by molar-refractivity contribution is 7.83. The number of hydrogen-bond acceptors (Lipinski definition) is 3. The molecular weight excluding hydrogens is 373 g/mol. The number of carboxylic acids is 1. The van der Waals surface area contributed by atoms with Crippen molar-refractivity contribution in [2.45, 2.75) is 11.8 Å². The fourth-order valence-electron chi connectivity index (χ4n) is 1.95. The van der Waals surface area contributed by atoms with E-state index in [1.54, 1.807) is 37.3 Å². The lowest BCUT2D eigenvalue weighted by Crippen LogP contribution is -2.23. The highest BCUT2D eigenvalue weighted by Crippen LogP contribution is 2.24. The van der Waals surface area contributed by atoms with Gasteiger partial charge in [-0.05, 0) is 42.8 Å². The lowest BCUT2D eigenvalue weighted by molar-refractivity contribution is 0.0696. The van der Waals surface area contributed by atoms with Gasteiger partial charge in [0.2, 0.25) is 0 Å². The monoisotopic (exact) mass is 387 g/mol. The maximum Gasteiger partial charge on any atom is 0.335 e. The van der Waals surface area contributed by atoms with Crippen molar-refractivity contribution < 1.29 is 18.8 Å². The lowest BCUT2D eigenvalue weighted by Gasteiger charge is -2.09. The summed E-state index contributed by atoms with van der Waals surface area (Å²) in [4.78, 5) is 11.5. The van der Waals surface area contributed by atoms with Gasteiger partial charge >= 0.3 is 5.97 Å². The van der Waals surface area contributed by atoms with Crippen molar-refractivity contribution in [2.24, 2.45) is 0 Å². The number of aryl methyl sites for hydroxylation is 1. The van der Waals surface area contributed by atoms with E-state index in [9.17, 15) is 9.00 Å². The number of benzene rings is 2. The van der Waals surface area contributed by atoms with E-state index >= 15 is 0 Å². The molecule has 2 N–H and O–H groups in total. The van der Waals surface area contributed by atoms with E-state index in [-0.39, 0.29) is 12.2 Å². The Morgan fingerprint density at radius 2 is 1.88 bits per heavy atom. The molecule has 0 saturated heterocycles. The summed E-state index contributed by atoms with van der Waals surface area (Å²) in [6.45, 7) is 2.24. The molecular formula is C16H15Cl2NO4S. The second kappa shape index (κ2) is 8.48. The Morgan fingerprint density at radius 3 is 2.50 bits per heavy atom. The minimum absolute atomic E-state index is 0.132. The Labute approximate surface area is 152 Å². The predicted octanol–water partition coefficient (Wildman–Crippen LogP) is 3.69. The van der Waals surface area contributed by atoms with Gasteiger partial charge in [0.15, 0.2) is 0 Å². The Bertz CT molecular complexity index is 762. The Kier molecular flexibility index (Phi) is 6.62. The van der Waals surface area contributed by atoms with E-state index in [0.717, 1.165) is 0 Å². The topological polar surface area (TPSA) is 75.6 Å². The smallest absolute Gasteiger partial charge is 0.335 e. The molecule has 8 heteroatoms. The zero-order valence-corrected chi connectivity index (χ0v) is 15.0. The van der Waals surface area contributed by atoms with Gasteiger partial charge in [-0.25, -0.2) is 13.7 Å². The summed E-state index contributed by atoms with van der Waals surface area (Å²) < 4.78 is 20.4. The molecule has 0 aromatic heterocycles. The molecule has 0 fully saturated rings. The van der Waals surface area contributed by atoms with Gasteiger partial charge in [-0.3, -0.25) is 0 Å². The summed E-state index contributed by atoms with van der Waals surface area (Å²) in [6, 6.07) is 9.51. The van der Waals surface area contributed by atoms with Crippen molar-refractivity contribution in [1.82, 2.24) is 4.72 Å². The number of ether oxygens (including phenoxy) is 1. The standard InChI is InChI=1S/C16H15Cl2NO4S/c1-10-2-3-14(9-15(10)16(20)21)24(22)19-4-5-23-13-7-11(17)6-12(18)8-13/h2-3,6-9,19H,4-5H2,1H3,(H,20,21). The summed E-state index contributed by atoms with van der Waals surface area (Å²) in [5.74, 6) is -0.531. The van der Waals surface area contributed by atoms with E-state index < -0.39 is 17.0 Å². The first-order chi connectivity index (χ1) is 11.4. The Balaban J connectivity index is 1.89. The van der Waals surface area contributed by atoms with Gasteiger partial charge in [0.1, 0.15) is 23.3 Å². The molecule has 0 bridgehead atoms. The first-order valence-corrected chi connectivity index (χ1v) is 8.85. The quantitative estimate of drug-likeness (QED) is 0.710. The third-order valence-corrected chi connectivity index (χ3v) is 4.68. The number of carboxylic acid groups (broad SMARTS) is 1. The van der Waals surface area contributed by atoms with Crippen LogP contribution in [0.2, 0.25) is 10.0 Å². The van der Waals surface area contributed by atoms with Crippen molar-refractivity contribution in [2.75, 3.05) is 13.2 Å². The van der Waals surface area contributed by atoms with Gasteiger partial charge in [-0.15, -0.1) is 0 Å². The zero-order valence-electron chi connectivity index (χ0n) is 12.7. The minimum atomic E-state index is -1.53. The number of rotatable bonds is 7. The van der Waals surface area contributed by atoms with Crippen molar-refractivity contribution in [1.29, 1.82) is 0 Å². The molecule has 24 heavy (non-hydrogen) atoms. The number of nitrogens with one attached hydrogen (secondary N) is 1. The molecule has 2 aromatic rings. The van der Waals surface area contributed by atoms with Crippen molar-refractivity contribution >= 4 is 40.2 Å². The molecule has 0 aliphatic rings. The SMILES string of the molecule is Cc1ccc(S(=O)NCCOc2cc(Cl)cc(Cl)c2)cc1C(=O)O. The highest BCUT2D eigenvalue weighted by Gasteiger charge is 2.11. The van der Waals surface area contributed by atoms with Gasteiger partial charge in [-0.2, -0.15) is 0 Å². The van der Waals surface area contributed by atoms with Crippen LogP contribution in [0.3, 0.4) is 0 Å². The predicted molar refractivity (Wildman–Crippen MR) is 94.5 cm³/mol. The lowest BCUT2D eigenvalue weighted by atomic mass is 10.1. The fourth-order valence-corrected chi connectivity index (χ4v) is 3.30. The van der Waals surface area contributed by atoms with Crippen molar-refractivity contribution in [3.8, 4) is 5.75 Å². The van der Waals surface area contributed by atoms with E-state index in [4.69, 9.17) is 33.0 Å². The van der Waals surface area contributed by atoms with Crippen LogP contribution in [0, 0.1) is 6.92 Å². The molecule has 1 atom stereocenters. The van der Waals surface area contributed by atoms with Crippen LogP contribution in [-0.2, 0) is 11.0 Å². The number of aromatic carboxylic acids is 1. The number of hydrogen-bond donors (Lipinski definition) is 2. The van der Waals surface area contributed by atoms with E-state index in [1.807, 2.05) is 0 Å². The fraction of sp³-hybridized carbons (Fsp3) is 0.188. The van der Waals surface area contributed by atoms with Crippen LogP contribution in [-0.4, -0.2) is 28.4 Å². The average Bonchev–Trinajstić information content (AvgIpc) is 2.50. The molecule has 2 rings (SSSR count). The second-order valence-corrected chi connectivity index (χ2v) is 7.07. The summed E-state index contributed by atoms with van der Waals surface area (Å²) in [5, 5.41) is 10.0. The van der Waals surface area contributed by atoms with Crippen LogP contribution >= 0.6 is 23.2 Å². The van der Waals surface area contributed by atoms with Gasteiger partial charge in [0.25, 0.3) is 0 Å². The molecule has 0 aliphatic carbocycles. The Morgan fingerprint density at radius 1 is 1.21 bits per heavy atom. The van der Waals surface area contributed by atoms with Crippen LogP contribution in [0.25, 0.3) is 0 Å². The molecule has 0 saturated carbocycles. The number of halogens is 2. The van der Waals surface area contributed by atoms with Gasteiger partial charge < -0.3 is 9.84 Å². The van der Waals surface area contributed by atoms with E-state index in [0.29, 0.717) is 32.8 Å². The van der Waals surface area contributed by atoms with Crippen LogP contribution in [0.4, 0.5) is 0 Å². The molecule has 0 radical (unpaired) electrons.